The van der Waals surface area contributed by atoms with Gasteiger partial charge in [0.15, 0.2) is 0 Å². The van der Waals surface area contributed by atoms with Crippen molar-refractivity contribution in [2.45, 2.75) is 31.6 Å². The van der Waals surface area contributed by atoms with Gasteiger partial charge in [-0.2, -0.15) is 0 Å². The minimum atomic E-state index is -0.299. The molecule has 17 heavy (non-hydrogen) atoms. The van der Waals surface area contributed by atoms with E-state index in [1.807, 2.05) is 17.5 Å². The van der Waals surface area contributed by atoms with Gasteiger partial charge in [0.1, 0.15) is 5.78 Å². The highest BCUT2D eigenvalue weighted by Crippen LogP contribution is 2.36. The zero-order valence-corrected chi connectivity index (χ0v) is 10.3. The molecule has 0 spiro atoms. The van der Waals surface area contributed by atoms with Crippen molar-refractivity contribution in [3.8, 4) is 0 Å². The van der Waals surface area contributed by atoms with E-state index >= 15 is 0 Å². The van der Waals surface area contributed by atoms with E-state index in [2.05, 4.69) is 0 Å². The Bertz CT molecular complexity index is 402. The highest BCUT2D eigenvalue weighted by atomic mass is 32.1. The predicted molar refractivity (Wildman–Crippen MR) is 65.9 cm³/mol. The van der Waals surface area contributed by atoms with Crippen LogP contribution in [0.5, 0.6) is 0 Å². The lowest BCUT2D eigenvalue weighted by Gasteiger charge is -2.25. The van der Waals surface area contributed by atoms with E-state index in [0.717, 1.165) is 24.1 Å². The van der Waals surface area contributed by atoms with Gasteiger partial charge in [0, 0.05) is 22.1 Å². The van der Waals surface area contributed by atoms with Gasteiger partial charge in [-0.3, -0.25) is 14.9 Å². The first-order valence-corrected chi connectivity index (χ1v) is 6.74. The second-order valence-corrected chi connectivity index (χ2v) is 5.44. The van der Waals surface area contributed by atoms with Crippen LogP contribution in [-0.4, -0.2) is 17.3 Å². The van der Waals surface area contributed by atoms with Gasteiger partial charge < -0.3 is 0 Å². The molecule has 0 radical (unpaired) electrons. The third-order valence-corrected chi connectivity index (χ3v) is 4.35. The summed E-state index contributed by atoms with van der Waals surface area (Å²) in [6.45, 7) is -0.128. The number of carbonyl (C=O) groups excluding carboxylic acids is 1. The Hall–Kier alpha value is -1.23. The molecule has 1 saturated carbocycles. The van der Waals surface area contributed by atoms with E-state index in [1.165, 1.54) is 11.3 Å². The molecule has 1 heterocycles. The number of hydrogen-bond donors (Lipinski definition) is 0. The largest absolute Gasteiger partial charge is 0.299 e. The number of nitro groups is 1. The van der Waals surface area contributed by atoms with E-state index in [-0.39, 0.29) is 29.1 Å². The lowest BCUT2D eigenvalue weighted by molar-refractivity contribution is -0.484. The fourth-order valence-corrected chi connectivity index (χ4v) is 3.40. The molecule has 1 unspecified atom stereocenters. The molecule has 0 amide bonds. The van der Waals surface area contributed by atoms with Crippen LogP contribution in [0.1, 0.15) is 36.5 Å². The number of rotatable bonds is 4. The highest BCUT2D eigenvalue weighted by molar-refractivity contribution is 7.10. The summed E-state index contributed by atoms with van der Waals surface area (Å²) in [7, 11) is 0. The second-order valence-electron chi connectivity index (χ2n) is 4.46. The number of ketones is 1. The third kappa shape index (κ3) is 2.91. The highest BCUT2D eigenvalue weighted by Gasteiger charge is 2.34. The summed E-state index contributed by atoms with van der Waals surface area (Å²) in [6, 6.07) is 3.79. The second kappa shape index (κ2) is 5.40. The molecule has 0 N–H and O–H groups in total. The van der Waals surface area contributed by atoms with Gasteiger partial charge in [-0.25, -0.2) is 0 Å². The van der Waals surface area contributed by atoms with Crippen LogP contribution in [0.3, 0.4) is 0 Å². The summed E-state index contributed by atoms with van der Waals surface area (Å²) < 4.78 is 0. The van der Waals surface area contributed by atoms with E-state index < -0.39 is 0 Å². The molecule has 2 rings (SSSR count). The summed E-state index contributed by atoms with van der Waals surface area (Å²) in [5.74, 6) is -0.165. The van der Waals surface area contributed by atoms with E-state index in [9.17, 15) is 14.9 Å². The van der Waals surface area contributed by atoms with Gasteiger partial charge in [0.2, 0.25) is 6.54 Å². The molecule has 2 atom stereocenters. The maximum absolute atomic E-state index is 11.9. The van der Waals surface area contributed by atoms with Crippen molar-refractivity contribution in [2.75, 3.05) is 6.54 Å². The molecular weight excluding hydrogens is 238 g/mol. The standard InChI is InChI=1S/C12H15NO3S/c14-11-5-2-1-4-9(11)10(8-13(15)16)12-6-3-7-17-12/h3,6-7,9-10H,1-2,4-5,8H2/t9-,10?/m1/s1. The molecule has 1 aliphatic carbocycles. The lowest BCUT2D eigenvalue weighted by Crippen LogP contribution is -2.29. The summed E-state index contributed by atoms with van der Waals surface area (Å²) in [5, 5.41) is 12.7. The van der Waals surface area contributed by atoms with Gasteiger partial charge in [0.05, 0.1) is 5.92 Å². The molecule has 4 nitrogen and oxygen atoms in total. The van der Waals surface area contributed by atoms with Crippen molar-refractivity contribution >= 4 is 17.1 Å². The van der Waals surface area contributed by atoms with Crippen LogP contribution in [0.4, 0.5) is 0 Å². The van der Waals surface area contributed by atoms with Crippen LogP contribution in [0.2, 0.25) is 0 Å². The molecule has 0 saturated heterocycles. The predicted octanol–water partition coefficient (Wildman–Crippen LogP) is 2.87. The number of carbonyl (C=O) groups is 1. The Morgan fingerprint density at radius 3 is 2.94 bits per heavy atom. The Morgan fingerprint density at radius 2 is 2.35 bits per heavy atom. The van der Waals surface area contributed by atoms with Crippen LogP contribution >= 0.6 is 11.3 Å². The molecular formula is C12H15NO3S. The van der Waals surface area contributed by atoms with Crippen LogP contribution in [0.25, 0.3) is 0 Å². The maximum Gasteiger partial charge on any atom is 0.212 e. The minimum absolute atomic E-state index is 0.128. The van der Waals surface area contributed by atoms with Crippen molar-refractivity contribution in [2.24, 2.45) is 5.92 Å². The molecule has 92 valence electrons. The Labute approximate surface area is 104 Å². The van der Waals surface area contributed by atoms with Gasteiger partial charge >= 0.3 is 0 Å². The number of nitrogens with zero attached hydrogens (tertiary/aromatic N) is 1. The zero-order valence-electron chi connectivity index (χ0n) is 9.50. The van der Waals surface area contributed by atoms with Gasteiger partial charge in [-0.15, -0.1) is 11.3 Å². The van der Waals surface area contributed by atoms with Crippen LogP contribution in [0.15, 0.2) is 17.5 Å². The van der Waals surface area contributed by atoms with E-state index in [0.29, 0.717) is 6.42 Å². The van der Waals surface area contributed by atoms with E-state index in [4.69, 9.17) is 0 Å². The van der Waals surface area contributed by atoms with Crippen molar-refractivity contribution in [1.82, 2.24) is 0 Å². The minimum Gasteiger partial charge on any atom is -0.299 e. The topological polar surface area (TPSA) is 60.2 Å². The maximum atomic E-state index is 11.9. The summed E-state index contributed by atoms with van der Waals surface area (Å²) in [6.07, 6.45) is 3.33. The first kappa shape index (κ1) is 12.2. The van der Waals surface area contributed by atoms with Crippen molar-refractivity contribution in [3.05, 3.63) is 32.5 Å². The average Bonchev–Trinajstić information content (AvgIpc) is 2.80. The van der Waals surface area contributed by atoms with Crippen LogP contribution < -0.4 is 0 Å². The Kier molecular flexibility index (Phi) is 3.89. The lowest BCUT2D eigenvalue weighted by atomic mass is 9.78. The number of thiophene rings is 1. The molecule has 1 fully saturated rings. The van der Waals surface area contributed by atoms with E-state index in [1.54, 1.807) is 0 Å². The molecule has 0 aromatic carbocycles. The quantitative estimate of drug-likeness (QED) is 0.612. The van der Waals surface area contributed by atoms with Crippen molar-refractivity contribution < 1.29 is 9.72 Å². The summed E-state index contributed by atoms with van der Waals surface area (Å²) in [5.41, 5.74) is 0. The fourth-order valence-electron chi connectivity index (χ4n) is 2.51. The number of hydrogen-bond acceptors (Lipinski definition) is 4. The summed E-state index contributed by atoms with van der Waals surface area (Å²) in [4.78, 5) is 23.3. The average molecular weight is 253 g/mol. The normalized spacial score (nSPS) is 22.4. The van der Waals surface area contributed by atoms with Crippen LogP contribution in [-0.2, 0) is 4.79 Å². The SMILES string of the molecule is O=C1CCCC[C@@H]1C(C[N+](=O)[O-])c1cccs1. The molecule has 5 heteroatoms. The Morgan fingerprint density at radius 1 is 1.53 bits per heavy atom. The molecule has 0 aliphatic heterocycles. The first-order chi connectivity index (χ1) is 8.18. The molecule has 1 aromatic heterocycles. The van der Waals surface area contributed by atoms with Gasteiger partial charge in [0.25, 0.3) is 0 Å². The van der Waals surface area contributed by atoms with Crippen molar-refractivity contribution in [1.29, 1.82) is 0 Å². The van der Waals surface area contributed by atoms with Gasteiger partial charge in [-0.1, -0.05) is 12.5 Å². The molecule has 1 aromatic rings. The monoisotopic (exact) mass is 253 g/mol. The van der Waals surface area contributed by atoms with Gasteiger partial charge in [-0.05, 0) is 24.3 Å². The Balaban J connectivity index is 2.20. The third-order valence-electron chi connectivity index (χ3n) is 3.34. The first-order valence-electron chi connectivity index (χ1n) is 5.86. The van der Waals surface area contributed by atoms with Crippen molar-refractivity contribution in [3.63, 3.8) is 0 Å². The van der Waals surface area contributed by atoms with Crippen LogP contribution in [0, 0.1) is 16.0 Å². The molecule has 0 bridgehead atoms. The molecule has 1 aliphatic rings. The zero-order chi connectivity index (χ0) is 12.3. The fraction of sp³-hybridized carbons (Fsp3) is 0.583. The summed E-state index contributed by atoms with van der Waals surface area (Å²) >= 11 is 1.51. The number of Topliss-reactive ketones (excluding diaryl/α,β-unsaturated/α-hetero) is 1. The smallest absolute Gasteiger partial charge is 0.212 e.